The summed E-state index contributed by atoms with van der Waals surface area (Å²) in [5.41, 5.74) is 3.01. The molecule has 0 fully saturated rings. The van der Waals surface area contributed by atoms with Crippen molar-refractivity contribution >= 4 is 35.0 Å². The minimum atomic E-state index is -0.805. The Morgan fingerprint density at radius 3 is 1.70 bits per heavy atom. The zero-order valence-corrected chi connectivity index (χ0v) is 16.8. The second kappa shape index (κ2) is 7.21. The van der Waals surface area contributed by atoms with Gasteiger partial charge in [0.05, 0.1) is 11.2 Å². The van der Waals surface area contributed by atoms with Gasteiger partial charge in [-0.05, 0) is 16.7 Å². The molecule has 0 amide bonds. The van der Waals surface area contributed by atoms with E-state index in [0.29, 0.717) is 0 Å². The smallest absolute Gasteiger partial charge is 0.160 e. The van der Waals surface area contributed by atoms with Crippen LogP contribution in [0, 0.1) is 0 Å². The largest absolute Gasteiger partial charge is 0.232 e. The molecule has 0 bridgehead atoms. The zero-order valence-electron chi connectivity index (χ0n) is 15.9. The third-order valence-electron chi connectivity index (χ3n) is 4.53. The van der Waals surface area contributed by atoms with E-state index in [1.54, 1.807) is 0 Å². The van der Waals surface area contributed by atoms with Crippen LogP contribution in [0.2, 0.25) is 0 Å². The van der Waals surface area contributed by atoms with Crippen LogP contribution in [0.4, 0.5) is 0 Å². The minimum Gasteiger partial charge on any atom is -0.232 e. The van der Waals surface area contributed by atoms with Gasteiger partial charge in [0.15, 0.2) is 5.57 Å². The highest BCUT2D eigenvalue weighted by Gasteiger charge is 2.25. The van der Waals surface area contributed by atoms with E-state index in [9.17, 15) is 0 Å². The molecule has 0 spiro atoms. The SMILES string of the molecule is CC(C)(C)c1nc(P(c2ccccc2)c2ccccc2)nc2ccccc12. The lowest BCUT2D eigenvalue weighted by atomic mass is 9.89. The first-order chi connectivity index (χ1) is 13.0. The van der Waals surface area contributed by atoms with Gasteiger partial charge in [-0.3, -0.25) is 0 Å². The van der Waals surface area contributed by atoms with Crippen molar-refractivity contribution < 1.29 is 0 Å². The second-order valence-corrected chi connectivity index (χ2v) is 9.75. The highest BCUT2D eigenvalue weighted by atomic mass is 31.1. The third kappa shape index (κ3) is 3.63. The first-order valence-electron chi connectivity index (χ1n) is 9.21. The van der Waals surface area contributed by atoms with Crippen LogP contribution < -0.4 is 16.2 Å². The second-order valence-electron chi connectivity index (χ2n) is 7.65. The van der Waals surface area contributed by atoms with Gasteiger partial charge in [-0.15, -0.1) is 0 Å². The Morgan fingerprint density at radius 2 is 1.15 bits per heavy atom. The molecule has 0 aliphatic carbocycles. The third-order valence-corrected chi connectivity index (χ3v) is 6.76. The van der Waals surface area contributed by atoms with Gasteiger partial charge in [0, 0.05) is 18.7 Å². The van der Waals surface area contributed by atoms with E-state index >= 15 is 0 Å². The van der Waals surface area contributed by atoms with Crippen LogP contribution in [0.15, 0.2) is 84.9 Å². The van der Waals surface area contributed by atoms with E-state index in [1.165, 1.54) is 10.6 Å². The van der Waals surface area contributed by atoms with Crippen molar-refractivity contribution in [2.45, 2.75) is 26.2 Å². The summed E-state index contributed by atoms with van der Waals surface area (Å²) in [6, 6.07) is 29.6. The zero-order chi connectivity index (χ0) is 18.9. The molecule has 27 heavy (non-hydrogen) atoms. The van der Waals surface area contributed by atoms with Gasteiger partial charge in [-0.25, -0.2) is 9.97 Å². The molecule has 0 radical (unpaired) electrons. The monoisotopic (exact) mass is 370 g/mol. The van der Waals surface area contributed by atoms with Crippen molar-refractivity contribution in [3.63, 3.8) is 0 Å². The Labute approximate surface area is 162 Å². The molecular weight excluding hydrogens is 347 g/mol. The maximum atomic E-state index is 5.14. The summed E-state index contributed by atoms with van der Waals surface area (Å²) < 4.78 is 0. The molecule has 1 aromatic heterocycles. The van der Waals surface area contributed by atoms with Crippen molar-refractivity contribution in [2.75, 3.05) is 0 Å². The molecule has 0 unspecified atom stereocenters. The van der Waals surface area contributed by atoms with E-state index < -0.39 is 7.92 Å². The average molecular weight is 370 g/mol. The molecule has 4 aromatic rings. The molecule has 0 saturated heterocycles. The van der Waals surface area contributed by atoms with Crippen LogP contribution in [0.25, 0.3) is 10.9 Å². The molecule has 4 rings (SSSR count). The first-order valence-corrected chi connectivity index (χ1v) is 10.6. The van der Waals surface area contributed by atoms with Crippen LogP contribution in [0.3, 0.4) is 0 Å². The standard InChI is InChI=1S/C24H23N2P/c1-24(2,3)22-20-16-10-11-17-21(20)25-23(26-22)27(18-12-6-4-7-13-18)19-14-8-5-9-15-19/h4-17H,1-3H3. The summed E-state index contributed by atoms with van der Waals surface area (Å²) in [6.07, 6.45) is 0. The Balaban J connectivity index is 1.99. The highest BCUT2D eigenvalue weighted by molar-refractivity contribution is 7.79. The van der Waals surface area contributed by atoms with Crippen LogP contribution in [-0.2, 0) is 5.41 Å². The van der Waals surface area contributed by atoms with E-state index in [1.807, 2.05) is 0 Å². The Kier molecular flexibility index (Phi) is 4.76. The summed E-state index contributed by atoms with van der Waals surface area (Å²) in [7, 11) is -0.805. The number of hydrogen-bond acceptors (Lipinski definition) is 2. The molecule has 2 nitrogen and oxygen atoms in total. The van der Waals surface area contributed by atoms with Crippen LogP contribution in [-0.4, -0.2) is 9.97 Å². The molecule has 0 saturated carbocycles. The van der Waals surface area contributed by atoms with E-state index in [0.717, 1.165) is 22.2 Å². The summed E-state index contributed by atoms with van der Waals surface area (Å²) >= 11 is 0. The summed E-state index contributed by atoms with van der Waals surface area (Å²) in [4.78, 5) is 10.2. The highest BCUT2D eigenvalue weighted by Crippen LogP contribution is 2.34. The van der Waals surface area contributed by atoms with Crippen molar-refractivity contribution in [3.8, 4) is 0 Å². The molecule has 0 atom stereocenters. The van der Waals surface area contributed by atoms with Crippen molar-refractivity contribution in [3.05, 3.63) is 90.6 Å². The molecule has 1 heterocycles. The molecular formula is C24H23N2P. The van der Waals surface area contributed by atoms with Crippen LogP contribution in [0.5, 0.6) is 0 Å². The number of hydrogen-bond donors (Lipinski definition) is 0. The maximum Gasteiger partial charge on any atom is 0.160 e. The first kappa shape index (κ1) is 17.8. The fraction of sp³-hybridized carbons (Fsp3) is 0.167. The average Bonchev–Trinajstić information content (AvgIpc) is 2.68. The lowest BCUT2D eigenvalue weighted by molar-refractivity contribution is 0.576. The normalized spacial score (nSPS) is 11.9. The fourth-order valence-corrected chi connectivity index (χ4v) is 5.38. The maximum absolute atomic E-state index is 5.14. The molecule has 134 valence electrons. The van der Waals surface area contributed by atoms with Gasteiger partial charge in [0.2, 0.25) is 0 Å². The molecule has 3 aromatic carbocycles. The summed E-state index contributed by atoms with van der Waals surface area (Å²) in [5, 5.41) is 3.69. The van der Waals surface area contributed by atoms with Gasteiger partial charge in [-0.2, -0.15) is 0 Å². The lowest BCUT2D eigenvalue weighted by Crippen LogP contribution is -2.28. The number of benzene rings is 3. The molecule has 0 aliphatic heterocycles. The number of nitrogens with zero attached hydrogens (tertiary/aromatic N) is 2. The minimum absolute atomic E-state index is 0.0499. The van der Waals surface area contributed by atoms with E-state index in [2.05, 4.69) is 106 Å². The quantitative estimate of drug-likeness (QED) is 0.489. The molecule has 3 heteroatoms. The lowest BCUT2D eigenvalue weighted by Gasteiger charge is -2.23. The van der Waals surface area contributed by atoms with E-state index in [4.69, 9.17) is 9.97 Å². The Bertz CT molecular complexity index is 1010. The van der Waals surface area contributed by atoms with Gasteiger partial charge in [0.25, 0.3) is 0 Å². The van der Waals surface area contributed by atoms with Gasteiger partial charge < -0.3 is 0 Å². The molecule has 0 N–H and O–H groups in total. The van der Waals surface area contributed by atoms with E-state index in [-0.39, 0.29) is 5.41 Å². The number of fused-ring (bicyclic) bond motifs is 1. The summed E-state index contributed by atoms with van der Waals surface area (Å²) in [5.74, 6) is 0. The Hall–Kier alpha value is -2.57. The topological polar surface area (TPSA) is 25.8 Å². The van der Waals surface area contributed by atoms with Gasteiger partial charge >= 0.3 is 0 Å². The molecule has 0 aliphatic rings. The predicted octanol–water partition coefficient (Wildman–Crippen LogP) is 4.69. The number of para-hydroxylation sites is 1. The van der Waals surface area contributed by atoms with Crippen LogP contribution >= 0.6 is 7.92 Å². The van der Waals surface area contributed by atoms with Crippen molar-refractivity contribution in [2.24, 2.45) is 0 Å². The van der Waals surface area contributed by atoms with Gasteiger partial charge in [0.1, 0.15) is 0 Å². The van der Waals surface area contributed by atoms with Crippen molar-refractivity contribution in [1.82, 2.24) is 9.97 Å². The fourth-order valence-electron chi connectivity index (χ4n) is 3.27. The van der Waals surface area contributed by atoms with Crippen molar-refractivity contribution in [1.29, 1.82) is 0 Å². The predicted molar refractivity (Wildman–Crippen MR) is 117 cm³/mol. The Morgan fingerprint density at radius 1 is 0.630 bits per heavy atom. The summed E-state index contributed by atoms with van der Waals surface area (Å²) in [6.45, 7) is 6.66. The van der Waals surface area contributed by atoms with Crippen LogP contribution in [0.1, 0.15) is 26.5 Å². The number of aromatic nitrogens is 2. The number of rotatable bonds is 3. The van der Waals surface area contributed by atoms with Gasteiger partial charge in [-0.1, -0.05) is 99.6 Å².